The van der Waals surface area contributed by atoms with Crippen molar-refractivity contribution < 1.29 is 4.74 Å². The number of hydrogen-bond acceptors (Lipinski definition) is 4. The van der Waals surface area contributed by atoms with Gasteiger partial charge >= 0.3 is 0 Å². The molecule has 4 heteroatoms. The first-order valence-electron chi connectivity index (χ1n) is 7.22. The van der Waals surface area contributed by atoms with Gasteiger partial charge in [0, 0.05) is 24.2 Å². The van der Waals surface area contributed by atoms with E-state index < -0.39 is 0 Å². The van der Waals surface area contributed by atoms with Crippen LogP contribution < -0.4 is 15.8 Å². The maximum Gasteiger partial charge on any atom is 0.121 e. The second-order valence-electron chi connectivity index (χ2n) is 4.88. The van der Waals surface area contributed by atoms with Gasteiger partial charge in [-0.1, -0.05) is 18.9 Å². The van der Waals surface area contributed by atoms with Crippen molar-refractivity contribution in [3.8, 4) is 5.75 Å². The molecule has 20 heavy (non-hydrogen) atoms. The maximum atomic E-state index is 5.49. The molecule has 0 bridgehead atoms. The number of nitrogens with zero attached hydrogens (tertiary/aromatic N) is 1. The SMILES string of the molecule is COc1cc(NCCCCCCN)c2ncccc2c1. The summed E-state index contributed by atoms with van der Waals surface area (Å²) in [6, 6.07) is 8.01. The molecule has 1 aromatic carbocycles. The second kappa shape index (κ2) is 7.70. The minimum Gasteiger partial charge on any atom is -0.497 e. The molecule has 2 rings (SSSR count). The third-order valence-corrected chi connectivity index (χ3v) is 3.36. The van der Waals surface area contributed by atoms with Crippen LogP contribution in [0.2, 0.25) is 0 Å². The molecule has 0 aliphatic carbocycles. The van der Waals surface area contributed by atoms with E-state index in [1.165, 1.54) is 12.8 Å². The number of nitrogens with one attached hydrogen (secondary N) is 1. The predicted octanol–water partition coefficient (Wildman–Crippen LogP) is 3.17. The Bertz CT molecular complexity index is 542. The lowest BCUT2D eigenvalue weighted by Gasteiger charge is -2.11. The zero-order valence-electron chi connectivity index (χ0n) is 12.1. The molecule has 0 radical (unpaired) electrons. The largest absolute Gasteiger partial charge is 0.497 e. The molecule has 0 spiro atoms. The lowest BCUT2D eigenvalue weighted by molar-refractivity contribution is 0.415. The number of ether oxygens (including phenoxy) is 1. The number of rotatable bonds is 8. The van der Waals surface area contributed by atoms with Crippen molar-refractivity contribution in [2.24, 2.45) is 5.73 Å². The topological polar surface area (TPSA) is 60.2 Å². The summed E-state index contributed by atoms with van der Waals surface area (Å²) in [6.45, 7) is 1.74. The molecule has 1 heterocycles. The zero-order chi connectivity index (χ0) is 14.2. The Morgan fingerprint density at radius 3 is 2.85 bits per heavy atom. The summed E-state index contributed by atoms with van der Waals surface area (Å²) in [5.74, 6) is 0.858. The van der Waals surface area contributed by atoms with Gasteiger partial charge in [-0.2, -0.15) is 0 Å². The Morgan fingerprint density at radius 2 is 2.05 bits per heavy atom. The minimum atomic E-state index is 0.790. The van der Waals surface area contributed by atoms with E-state index in [0.717, 1.165) is 48.3 Å². The zero-order valence-corrected chi connectivity index (χ0v) is 12.1. The molecule has 0 fully saturated rings. The van der Waals surface area contributed by atoms with Gasteiger partial charge in [0.05, 0.1) is 18.3 Å². The number of methoxy groups -OCH3 is 1. The third-order valence-electron chi connectivity index (χ3n) is 3.36. The highest BCUT2D eigenvalue weighted by Gasteiger charge is 2.05. The summed E-state index contributed by atoms with van der Waals surface area (Å²) in [6.07, 6.45) is 6.49. The number of anilines is 1. The van der Waals surface area contributed by atoms with Crippen LogP contribution in [0, 0.1) is 0 Å². The van der Waals surface area contributed by atoms with Crippen LogP contribution in [0.15, 0.2) is 30.5 Å². The van der Waals surface area contributed by atoms with Gasteiger partial charge in [0.1, 0.15) is 5.75 Å². The first-order chi connectivity index (χ1) is 9.85. The molecule has 0 aliphatic heterocycles. The van der Waals surface area contributed by atoms with Crippen LogP contribution in [0.25, 0.3) is 10.9 Å². The quantitative estimate of drug-likeness (QED) is 0.725. The second-order valence-corrected chi connectivity index (χ2v) is 4.88. The first kappa shape index (κ1) is 14.6. The summed E-state index contributed by atoms with van der Waals surface area (Å²) in [5.41, 5.74) is 7.53. The normalized spacial score (nSPS) is 10.7. The molecule has 108 valence electrons. The molecule has 4 nitrogen and oxygen atoms in total. The smallest absolute Gasteiger partial charge is 0.121 e. The summed E-state index contributed by atoms with van der Waals surface area (Å²) < 4.78 is 5.34. The van der Waals surface area contributed by atoms with Gasteiger partial charge in [-0.3, -0.25) is 4.98 Å². The molecule has 0 saturated heterocycles. The fourth-order valence-electron chi connectivity index (χ4n) is 2.26. The molecular weight excluding hydrogens is 250 g/mol. The van der Waals surface area contributed by atoms with Crippen LogP contribution in [0.4, 0.5) is 5.69 Å². The van der Waals surface area contributed by atoms with Gasteiger partial charge in [-0.25, -0.2) is 0 Å². The molecule has 0 saturated carbocycles. The molecule has 2 aromatic rings. The average molecular weight is 273 g/mol. The number of pyridine rings is 1. The highest BCUT2D eigenvalue weighted by atomic mass is 16.5. The van der Waals surface area contributed by atoms with Crippen LogP contribution >= 0.6 is 0 Å². The van der Waals surface area contributed by atoms with Gasteiger partial charge in [0.25, 0.3) is 0 Å². The van der Waals surface area contributed by atoms with E-state index in [-0.39, 0.29) is 0 Å². The Hall–Kier alpha value is -1.81. The van der Waals surface area contributed by atoms with Crippen molar-refractivity contribution in [3.63, 3.8) is 0 Å². The number of aromatic nitrogens is 1. The molecule has 0 aliphatic rings. The van der Waals surface area contributed by atoms with Crippen LogP contribution in [-0.2, 0) is 0 Å². The summed E-state index contributed by atoms with van der Waals surface area (Å²) in [5, 5.41) is 4.56. The Kier molecular flexibility index (Phi) is 5.62. The monoisotopic (exact) mass is 273 g/mol. The van der Waals surface area contributed by atoms with Gasteiger partial charge in [0.15, 0.2) is 0 Å². The number of unbranched alkanes of at least 4 members (excludes halogenated alkanes) is 3. The minimum absolute atomic E-state index is 0.790. The predicted molar refractivity (Wildman–Crippen MR) is 84.3 cm³/mol. The van der Waals surface area contributed by atoms with Crippen LogP contribution in [0.5, 0.6) is 5.75 Å². The number of fused-ring (bicyclic) bond motifs is 1. The van der Waals surface area contributed by atoms with Crippen LogP contribution in [-0.4, -0.2) is 25.2 Å². The van der Waals surface area contributed by atoms with Crippen molar-refractivity contribution >= 4 is 16.6 Å². The highest BCUT2D eigenvalue weighted by Crippen LogP contribution is 2.27. The fourth-order valence-corrected chi connectivity index (χ4v) is 2.26. The van der Waals surface area contributed by atoms with Crippen molar-refractivity contribution in [1.29, 1.82) is 0 Å². The maximum absolute atomic E-state index is 5.49. The van der Waals surface area contributed by atoms with Crippen LogP contribution in [0.3, 0.4) is 0 Å². The van der Waals surface area contributed by atoms with Gasteiger partial charge < -0.3 is 15.8 Å². The summed E-state index contributed by atoms with van der Waals surface area (Å²) in [4.78, 5) is 4.45. The summed E-state index contributed by atoms with van der Waals surface area (Å²) >= 11 is 0. The van der Waals surface area contributed by atoms with E-state index in [0.29, 0.717) is 0 Å². The van der Waals surface area contributed by atoms with Gasteiger partial charge in [-0.05, 0) is 31.5 Å². The van der Waals surface area contributed by atoms with Gasteiger partial charge in [-0.15, -0.1) is 0 Å². The van der Waals surface area contributed by atoms with Crippen molar-refractivity contribution in [2.75, 3.05) is 25.5 Å². The molecular formula is C16H23N3O. The van der Waals surface area contributed by atoms with Crippen LogP contribution in [0.1, 0.15) is 25.7 Å². The Labute approximate surface area is 120 Å². The number of nitrogens with two attached hydrogens (primary N) is 1. The molecule has 0 atom stereocenters. The van der Waals surface area contributed by atoms with Crippen molar-refractivity contribution in [2.45, 2.75) is 25.7 Å². The van der Waals surface area contributed by atoms with E-state index in [4.69, 9.17) is 10.5 Å². The summed E-state index contributed by atoms with van der Waals surface area (Å²) in [7, 11) is 1.69. The fraction of sp³-hybridized carbons (Fsp3) is 0.438. The van der Waals surface area contributed by atoms with E-state index >= 15 is 0 Å². The lowest BCUT2D eigenvalue weighted by Crippen LogP contribution is -2.04. The first-order valence-corrected chi connectivity index (χ1v) is 7.22. The third kappa shape index (κ3) is 3.84. The Balaban J connectivity index is 2.01. The van der Waals surface area contributed by atoms with Crippen molar-refractivity contribution in [1.82, 2.24) is 4.98 Å². The Morgan fingerprint density at radius 1 is 1.20 bits per heavy atom. The van der Waals surface area contributed by atoms with E-state index in [9.17, 15) is 0 Å². The van der Waals surface area contributed by atoms with E-state index in [1.807, 2.05) is 24.4 Å². The molecule has 3 N–H and O–H groups in total. The van der Waals surface area contributed by atoms with Crippen molar-refractivity contribution in [3.05, 3.63) is 30.5 Å². The number of hydrogen-bond donors (Lipinski definition) is 2. The molecule has 0 unspecified atom stereocenters. The van der Waals surface area contributed by atoms with Gasteiger partial charge in [0.2, 0.25) is 0 Å². The van der Waals surface area contributed by atoms with E-state index in [1.54, 1.807) is 7.11 Å². The molecule has 1 aromatic heterocycles. The highest BCUT2D eigenvalue weighted by molar-refractivity contribution is 5.91. The number of benzene rings is 1. The standard InChI is InChI=1S/C16H23N3O/c1-20-14-11-13-7-6-10-19-16(13)15(12-14)18-9-5-3-2-4-8-17/h6-7,10-12,18H,2-5,8-9,17H2,1H3. The van der Waals surface area contributed by atoms with E-state index in [2.05, 4.69) is 16.4 Å². The molecule has 0 amide bonds. The average Bonchev–Trinajstić information content (AvgIpc) is 2.50. The lowest BCUT2D eigenvalue weighted by atomic mass is 10.1.